The topological polar surface area (TPSA) is 103 Å². The number of anilines is 1. The molecule has 186 valence electrons. The van der Waals surface area contributed by atoms with Crippen molar-refractivity contribution in [1.29, 1.82) is 0 Å². The number of carbonyl (C=O) groups is 1. The van der Waals surface area contributed by atoms with Gasteiger partial charge in [0, 0.05) is 5.69 Å². The summed E-state index contributed by atoms with van der Waals surface area (Å²) in [7, 11) is -2.31. The van der Waals surface area contributed by atoms with E-state index in [2.05, 4.69) is 10.0 Å². The number of methoxy groups -OCH3 is 1. The molecule has 8 nitrogen and oxygen atoms in total. The van der Waals surface area contributed by atoms with E-state index >= 15 is 0 Å². The second-order valence-corrected chi connectivity index (χ2v) is 10.5. The number of sulfonamides is 1. The van der Waals surface area contributed by atoms with Crippen LogP contribution < -0.4 is 24.2 Å². The van der Waals surface area contributed by atoms with Crippen LogP contribution in [0.25, 0.3) is 0 Å². The first-order chi connectivity index (χ1) is 16.1. The molecule has 1 unspecified atom stereocenters. The van der Waals surface area contributed by atoms with Crippen LogP contribution in [-0.2, 0) is 14.8 Å². The Labute approximate surface area is 202 Å². The summed E-state index contributed by atoms with van der Waals surface area (Å²) in [5, 5.41) is 2.74. The van der Waals surface area contributed by atoms with Crippen LogP contribution in [0.2, 0.25) is 0 Å². The second-order valence-electron chi connectivity index (χ2n) is 8.78. The molecule has 1 amide bonds. The van der Waals surface area contributed by atoms with Gasteiger partial charge in [0.05, 0.1) is 25.4 Å². The summed E-state index contributed by atoms with van der Waals surface area (Å²) in [6.45, 7) is 5.60. The number of carbonyl (C=O) groups excluding carboxylic acids is 1. The molecule has 2 aromatic carbocycles. The number of benzene rings is 2. The van der Waals surface area contributed by atoms with E-state index in [1.165, 1.54) is 12.8 Å². The molecule has 0 radical (unpaired) electrons. The van der Waals surface area contributed by atoms with Gasteiger partial charge < -0.3 is 19.5 Å². The minimum absolute atomic E-state index is 0.0178. The molecule has 0 aliphatic heterocycles. The van der Waals surface area contributed by atoms with Crippen molar-refractivity contribution in [2.45, 2.75) is 64.7 Å². The van der Waals surface area contributed by atoms with Gasteiger partial charge in [0.25, 0.3) is 0 Å². The molecule has 0 spiro atoms. The van der Waals surface area contributed by atoms with Gasteiger partial charge in [-0.1, -0.05) is 6.07 Å². The van der Waals surface area contributed by atoms with E-state index in [1.807, 2.05) is 32.0 Å². The Bertz CT molecular complexity index is 1060. The molecule has 0 bridgehead atoms. The van der Waals surface area contributed by atoms with Gasteiger partial charge >= 0.3 is 0 Å². The lowest BCUT2D eigenvalue weighted by molar-refractivity contribution is -0.119. The second kappa shape index (κ2) is 11.5. The van der Waals surface area contributed by atoms with E-state index in [-0.39, 0.29) is 12.2 Å². The predicted molar refractivity (Wildman–Crippen MR) is 132 cm³/mol. The van der Waals surface area contributed by atoms with Crippen LogP contribution in [0.15, 0.2) is 42.5 Å². The van der Waals surface area contributed by atoms with Crippen molar-refractivity contribution in [3.05, 3.63) is 48.0 Å². The van der Waals surface area contributed by atoms with E-state index in [4.69, 9.17) is 14.2 Å². The lowest BCUT2D eigenvalue weighted by atomic mass is 10.1. The minimum Gasteiger partial charge on any atom is -0.493 e. The first kappa shape index (κ1) is 25.7. The highest BCUT2D eigenvalue weighted by molar-refractivity contribution is 7.93. The van der Waals surface area contributed by atoms with Gasteiger partial charge in [0.15, 0.2) is 11.5 Å². The number of ether oxygens (including phenoxy) is 3. The molecule has 1 atom stereocenters. The Morgan fingerprint density at radius 3 is 2.32 bits per heavy atom. The Morgan fingerprint density at radius 2 is 1.71 bits per heavy atom. The molecule has 0 aromatic heterocycles. The summed E-state index contributed by atoms with van der Waals surface area (Å²) in [4.78, 5) is 12.5. The van der Waals surface area contributed by atoms with Crippen molar-refractivity contribution >= 4 is 21.6 Å². The Balaban J connectivity index is 1.56. The van der Waals surface area contributed by atoms with Crippen LogP contribution in [0.3, 0.4) is 0 Å². The summed E-state index contributed by atoms with van der Waals surface area (Å²) >= 11 is 0. The summed E-state index contributed by atoms with van der Waals surface area (Å²) in [6, 6.07) is 11.6. The number of hydrogen-bond donors (Lipinski definition) is 2. The highest BCUT2D eigenvalue weighted by atomic mass is 32.2. The predicted octanol–water partition coefficient (Wildman–Crippen LogP) is 4.42. The fourth-order valence-corrected chi connectivity index (χ4v) is 4.86. The number of nitrogens with one attached hydrogen (secondary N) is 2. The Hall–Kier alpha value is -2.94. The van der Waals surface area contributed by atoms with Crippen LogP contribution in [-0.4, -0.2) is 39.4 Å². The summed E-state index contributed by atoms with van der Waals surface area (Å²) in [5.74, 6) is 0.601. The zero-order valence-electron chi connectivity index (χ0n) is 20.2. The molecule has 3 rings (SSSR count). The van der Waals surface area contributed by atoms with Crippen LogP contribution in [0, 0.1) is 0 Å². The highest BCUT2D eigenvalue weighted by Gasteiger charge is 2.21. The zero-order chi connectivity index (χ0) is 24.7. The maximum Gasteiger partial charge on any atom is 0.241 e. The third kappa shape index (κ3) is 7.55. The van der Waals surface area contributed by atoms with Gasteiger partial charge in [-0.3, -0.25) is 9.52 Å². The first-order valence-electron chi connectivity index (χ1n) is 11.6. The average Bonchev–Trinajstić information content (AvgIpc) is 3.27. The molecule has 1 saturated carbocycles. The fourth-order valence-electron chi connectivity index (χ4n) is 3.87. The number of hydrogen-bond acceptors (Lipinski definition) is 6. The van der Waals surface area contributed by atoms with E-state index in [1.54, 1.807) is 38.3 Å². The maximum absolute atomic E-state index is 12.5. The Morgan fingerprint density at radius 1 is 1.03 bits per heavy atom. The molecule has 2 N–H and O–H groups in total. The number of rotatable bonds is 11. The monoisotopic (exact) mass is 490 g/mol. The molecule has 0 saturated heterocycles. The first-order valence-corrected chi connectivity index (χ1v) is 13.2. The highest BCUT2D eigenvalue weighted by Crippen LogP contribution is 2.33. The Kier molecular flexibility index (Phi) is 8.66. The lowest BCUT2D eigenvalue weighted by Gasteiger charge is -2.19. The van der Waals surface area contributed by atoms with E-state index in [9.17, 15) is 13.2 Å². The fraction of sp³-hybridized carbons (Fsp3) is 0.480. The van der Waals surface area contributed by atoms with Gasteiger partial charge in [0.1, 0.15) is 11.5 Å². The molecule has 1 aliphatic carbocycles. The van der Waals surface area contributed by atoms with Crippen molar-refractivity contribution < 1.29 is 27.4 Å². The zero-order valence-corrected chi connectivity index (χ0v) is 21.0. The van der Waals surface area contributed by atoms with Gasteiger partial charge in [-0.25, -0.2) is 8.42 Å². The maximum atomic E-state index is 12.5. The summed E-state index contributed by atoms with van der Waals surface area (Å²) in [5.41, 5.74) is 1.15. The van der Waals surface area contributed by atoms with Crippen LogP contribution in [0.1, 0.15) is 58.1 Å². The molecule has 1 fully saturated rings. The minimum atomic E-state index is -3.88. The largest absolute Gasteiger partial charge is 0.493 e. The molecule has 2 aromatic rings. The van der Waals surface area contributed by atoms with Crippen molar-refractivity contribution in [1.82, 2.24) is 5.32 Å². The van der Waals surface area contributed by atoms with Crippen LogP contribution in [0.5, 0.6) is 17.2 Å². The van der Waals surface area contributed by atoms with E-state index < -0.39 is 27.7 Å². The van der Waals surface area contributed by atoms with Gasteiger partial charge in [0.2, 0.25) is 15.9 Å². The number of amides is 1. The lowest BCUT2D eigenvalue weighted by Crippen LogP contribution is -2.34. The molecule has 1 aliphatic rings. The standard InChI is InChI=1S/C25H34N2O6S/c1-17(2)32-22-12-10-20(11-13-22)27-34(29,30)16-25(28)26-18(3)19-9-14-23(24(15-19)31-4)33-21-7-5-6-8-21/h9-15,17-18,21,27H,5-8,16H2,1-4H3,(H,26,28). The van der Waals surface area contributed by atoms with Crippen molar-refractivity contribution in [2.24, 2.45) is 0 Å². The summed E-state index contributed by atoms with van der Waals surface area (Å²) in [6.07, 6.45) is 4.64. The smallest absolute Gasteiger partial charge is 0.241 e. The molecule has 0 heterocycles. The SMILES string of the molecule is COc1cc(C(C)NC(=O)CS(=O)(=O)Nc2ccc(OC(C)C)cc2)ccc1OC1CCCC1. The van der Waals surface area contributed by atoms with Crippen molar-refractivity contribution in [2.75, 3.05) is 17.6 Å². The van der Waals surface area contributed by atoms with Crippen LogP contribution in [0.4, 0.5) is 5.69 Å². The van der Waals surface area contributed by atoms with Crippen molar-refractivity contribution in [3.63, 3.8) is 0 Å². The molecule has 9 heteroatoms. The third-order valence-corrected chi connectivity index (χ3v) is 6.67. The van der Waals surface area contributed by atoms with Gasteiger partial charge in [-0.05, 0) is 88.4 Å². The normalized spacial score (nSPS) is 15.1. The quantitative estimate of drug-likeness (QED) is 0.483. The molecular formula is C25H34N2O6S. The van der Waals surface area contributed by atoms with Crippen molar-refractivity contribution in [3.8, 4) is 17.2 Å². The molecular weight excluding hydrogens is 456 g/mol. The average molecular weight is 491 g/mol. The van der Waals surface area contributed by atoms with Gasteiger partial charge in [-0.15, -0.1) is 0 Å². The molecule has 34 heavy (non-hydrogen) atoms. The van der Waals surface area contributed by atoms with Gasteiger partial charge in [-0.2, -0.15) is 0 Å². The third-order valence-electron chi connectivity index (χ3n) is 5.48. The van der Waals surface area contributed by atoms with E-state index in [0.29, 0.717) is 22.9 Å². The van der Waals surface area contributed by atoms with E-state index in [0.717, 1.165) is 18.4 Å². The summed E-state index contributed by atoms with van der Waals surface area (Å²) < 4.78 is 44.4. The van der Waals surface area contributed by atoms with Crippen LogP contribution >= 0.6 is 0 Å².